The number of hydrogen-bond donors (Lipinski definition) is 1. The summed E-state index contributed by atoms with van der Waals surface area (Å²) in [6.07, 6.45) is 0. The summed E-state index contributed by atoms with van der Waals surface area (Å²) >= 11 is 0. The van der Waals surface area contributed by atoms with Gasteiger partial charge in [-0.2, -0.15) is 0 Å². The molecule has 1 aromatic rings. The third-order valence-electron chi connectivity index (χ3n) is 4.63. The van der Waals surface area contributed by atoms with Crippen LogP contribution in [0.3, 0.4) is 0 Å². The van der Waals surface area contributed by atoms with Crippen molar-refractivity contribution in [2.75, 3.05) is 45.8 Å². The van der Waals surface area contributed by atoms with Gasteiger partial charge in [-0.25, -0.2) is 4.79 Å². The molecular formula is C18H28N4O2. The van der Waals surface area contributed by atoms with Gasteiger partial charge in [-0.3, -0.25) is 4.79 Å². The molecule has 1 aliphatic rings. The van der Waals surface area contributed by atoms with E-state index in [9.17, 15) is 9.59 Å². The summed E-state index contributed by atoms with van der Waals surface area (Å²) in [5, 5.41) is 0. The number of piperazine rings is 1. The van der Waals surface area contributed by atoms with Crippen LogP contribution >= 0.6 is 0 Å². The van der Waals surface area contributed by atoms with Crippen LogP contribution < -0.4 is 5.73 Å². The first-order valence-electron chi connectivity index (χ1n) is 8.70. The number of benzene rings is 1. The highest BCUT2D eigenvalue weighted by molar-refractivity contribution is 5.84. The fraction of sp³-hybridized carbons (Fsp3) is 0.556. The van der Waals surface area contributed by atoms with Crippen LogP contribution in [0.25, 0.3) is 0 Å². The maximum atomic E-state index is 12.8. The van der Waals surface area contributed by atoms with Crippen molar-refractivity contribution in [2.24, 2.45) is 5.73 Å². The van der Waals surface area contributed by atoms with Crippen LogP contribution in [0.15, 0.2) is 30.3 Å². The molecule has 0 bridgehead atoms. The van der Waals surface area contributed by atoms with E-state index in [0.29, 0.717) is 45.8 Å². The van der Waals surface area contributed by atoms with Gasteiger partial charge >= 0.3 is 6.03 Å². The van der Waals surface area contributed by atoms with Crippen LogP contribution in [-0.2, 0) is 4.79 Å². The highest BCUT2D eigenvalue weighted by atomic mass is 16.2. The Morgan fingerprint density at radius 3 is 2.08 bits per heavy atom. The van der Waals surface area contributed by atoms with Crippen molar-refractivity contribution >= 4 is 11.9 Å². The Morgan fingerprint density at radius 1 is 1.04 bits per heavy atom. The van der Waals surface area contributed by atoms with E-state index in [4.69, 9.17) is 5.73 Å². The Hall–Kier alpha value is -2.08. The van der Waals surface area contributed by atoms with Gasteiger partial charge in [0.2, 0.25) is 5.91 Å². The molecule has 2 rings (SSSR count). The van der Waals surface area contributed by atoms with E-state index in [0.717, 1.165) is 5.56 Å². The Bertz CT molecular complexity index is 537. The normalized spacial score (nSPS) is 16.0. The fourth-order valence-electron chi connectivity index (χ4n) is 3.10. The molecule has 0 aliphatic carbocycles. The van der Waals surface area contributed by atoms with Crippen LogP contribution in [0, 0.1) is 0 Å². The summed E-state index contributed by atoms with van der Waals surface area (Å²) in [6.45, 7) is 7.95. The van der Waals surface area contributed by atoms with Gasteiger partial charge in [0.25, 0.3) is 0 Å². The summed E-state index contributed by atoms with van der Waals surface area (Å²) in [5.74, 6) is -0.255. The van der Waals surface area contributed by atoms with E-state index in [1.165, 1.54) is 0 Å². The summed E-state index contributed by atoms with van der Waals surface area (Å²) in [5.41, 5.74) is 6.80. The van der Waals surface area contributed by atoms with Gasteiger partial charge in [-0.15, -0.1) is 0 Å². The van der Waals surface area contributed by atoms with Crippen LogP contribution in [0.1, 0.15) is 25.3 Å². The number of rotatable bonds is 5. The van der Waals surface area contributed by atoms with Gasteiger partial charge in [0.05, 0.1) is 5.92 Å². The SMILES string of the molecule is CCN(CC)C(=O)N1CCN(C(=O)C(CN)c2ccccc2)CC1. The molecule has 1 saturated heterocycles. The zero-order chi connectivity index (χ0) is 17.5. The second-order valence-corrected chi connectivity index (χ2v) is 5.97. The lowest BCUT2D eigenvalue weighted by Gasteiger charge is -2.38. The highest BCUT2D eigenvalue weighted by Crippen LogP contribution is 2.18. The predicted octanol–water partition coefficient (Wildman–Crippen LogP) is 1.33. The molecule has 2 N–H and O–H groups in total. The van der Waals surface area contributed by atoms with Gasteiger partial charge in [0.15, 0.2) is 0 Å². The summed E-state index contributed by atoms with van der Waals surface area (Å²) < 4.78 is 0. The lowest BCUT2D eigenvalue weighted by atomic mass is 9.97. The lowest BCUT2D eigenvalue weighted by molar-refractivity contribution is -0.134. The van der Waals surface area contributed by atoms with Gasteiger partial charge in [0.1, 0.15) is 0 Å². The molecule has 1 aromatic carbocycles. The average Bonchev–Trinajstić information content (AvgIpc) is 2.64. The van der Waals surface area contributed by atoms with E-state index in [-0.39, 0.29) is 17.9 Å². The molecule has 1 heterocycles. The van der Waals surface area contributed by atoms with Crippen LogP contribution in [-0.4, -0.2) is 72.5 Å². The minimum atomic E-state index is -0.309. The molecule has 1 fully saturated rings. The summed E-state index contributed by atoms with van der Waals surface area (Å²) in [6, 6.07) is 9.72. The molecule has 0 radical (unpaired) electrons. The number of hydrogen-bond acceptors (Lipinski definition) is 3. The second-order valence-electron chi connectivity index (χ2n) is 5.97. The first kappa shape index (κ1) is 18.3. The zero-order valence-corrected chi connectivity index (χ0v) is 14.6. The second kappa shape index (κ2) is 8.68. The monoisotopic (exact) mass is 332 g/mol. The van der Waals surface area contributed by atoms with Crippen LogP contribution in [0.4, 0.5) is 4.79 Å². The molecule has 1 atom stereocenters. The smallest absolute Gasteiger partial charge is 0.320 e. The Labute approximate surface area is 144 Å². The standard InChI is InChI=1S/C18H28N4O2/c1-3-20(4-2)18(24)22-12-10-21(11-13-22)17(23)16(14-19)15-8-6-5-7-9-15/h5-9,16H,3-4,10-14,19H2,1-2H3. The van der Waals surface area contributed by atoms with Crippen LogP contribution in [0.2, 0.25) is 0 Å². The third kappa shape index (κ3) is 4.06. The van der Waals surface area contributed by atoms with E-state index in [1.807, 2.05) is 58.9 Å². The lowest BCUT2D eigenvalue weighted by Crippen LogP contribution is -2.55. The summed E-state index contributed by atoms with van der Waals surface area (Å²) in [7, 11) is 0. The maximum Gasteiger partial charge on any atom is 0.320 e. The largest absolute Gasteiger partial charge is 0.339 e. The summed E-state index contributed by atoms with van der Waals surface area (Å²) in [4.78, 5) is 30.6. The molecule has 132 valence electrons. The Morgan fingerprint density at radius 2 is 1.58 bits per heavy atom. The van der Waals surface area contributed by atoms with Crippen molar-refractivity contribution in [3.8, 4) is 0 Å². The first-order chi connectivity index (χ1) is 11.6. The van der Waals surface area contributed by atoms with E-state index in [2.05, 4.69) is 0 Å². The minimum absolute atomic E-state index is 0.0543. The Kier molecular flexibility index (Phi) is 6.61. The van der Waals surface area contributed by atoms with Gasteiger partial charge < -0.3 is 20.4 Å². The third-order valence-corrected chi connectivity index (χ3v) is 4.63. The molecule has 6 heteroatoms. The quantitative estimate of drug-likeness (QED) is 0.884. The number of nitrogens with zero attached hydrogens (tertiary/aromatic N) is 3. The van der Waals surface area contributed by atoms with Gasteiger partial charge in [0, 0.05) is 45.8 Å². The van der Waals surface area contributed by atoms with E-state index >= 15 is 0 Å². The molecule has 1 aliphatic heterocycles. The predicted molar refractivity (Wildman–Crippen MR) is 94.7 cm³/mol. The topological polar surface area (TPSA) is 69.9 Å². The highest BCUT2D eigenvalue weighted by Gasteiger charge is 2.30. The van der Waals surface area contributed by atoms with Crippen molar-refractivity contribution in [3.05, 3.63) is 35.9 Å². The van der Waals surface area contributed by atoms with Crippen molar-refractivity contribution in [1.82, 2.24) is 14.7 Å². The zero-order valence-electron chi connectivity index (χ0n) is 14.6. The van der Waals surface area contributed by atoms with Crippen molar-refractivity contribution < 1.29 is 9.59 Å². The molecule has 6 nitrogen and oxygen atoms in total. The first-order valence-corrected chi connectivity index (χ1v) is 8.70. The van der Waals surface area contributed by atoms with E-state index < -0.39 is 0 Å². The molecule has 1 unspecified atom stereocenters. The molecule has 3 amide bonds. The molecular weight excluding hydrogens is 304 g/mol. The number of urea groups is 1. The number of amides is 3. The molecule has 0 aromatic heterocycles. The van der Waals surface area contributed by atoms with E-state index in [1.54, 1.807) is 0 Å². The fourth-order valence-corrected chi connectivity index (χ4v) is 3.10. The van der Waals surface area contributed by atoms with Crippen LogP contribution in [0.5, 0.6) is 0 Å². The van der Waals surface area contributed by atoms with Crippen molar-refractivity contribution in [2.45, 2.75) is 19.8 Å². The molecule has 0 spiro atoms. The Balaban J connectivity index is 1.96. The molecule has 0 saturated carbocycles. The number of carbonyl (C=O) groups is 2. The van der Waals surface area contributed by atoms with Gasteiger partial charge in [-0.1, -0.05) is 30.3 Å². The van der Waals surface area contributed by atoms with Crippen molar-refractivity contribution in [3.63, 3.8) is 0 Å². The number of nitrogens with two attached hydrogens (primary N) is 1. The van der Waals surface area contributed by atoms with Gasteiger partial charge in [-0.05, 0) is 19.4 Å². The number of carbonyl (C=O) groups excluding carboxylic acids is 2. The molecule has 24 heavy (non-hydrogen) atoms. The minimum Gasteiger partial charge on any atom is -0.339 e. The van der Waals surface area contributed by atoms with Crippen molar-refractivity contribution in [1.29, 1.82) is 0 Å². The average molecular weight is 332 g/mol. The maximum absolute atomic E-state index is 12.8.